The number of benzene rings is 1. The number of hydrogen-bond acceptors (Lipinski definition) is 2. The molecule has 0 saturated carbocycles. The Labute approximate surface area is 148 Å². The number of likely N-dealkylation sites (tertiary alicyclic amines) is 1. The third-order valence-corrected chi connectivity index (χ3v) is 5.15. The molecule has 134 valence electrons. The number of halogens is 3. The highest BCUT2D eigenvalue weighted by Gasteiger charge is 2.27. The summed E-state index contributed by atoms with van der Waals surface area (Å²) in [4.78, 5) is 14.5. The molecule has 1 N–H and O–H groups in total. The predicted molar refractivity (Wildman–Crippen MR) is 92.8 cm³/mol. The Balaban J connectivity index is 0.00000208. The maximum Gasteiger partial charge on any atom is 0.254 e. The molecule has 2 fully saturated rings. The summed E-state index contributed by atoms with van der Waals surface area (Å²) in [5.41, 5.74) is 0.644. The molecule has 2 heterocycles. The van der Waals surface area contributed by atoms with Crippen LogP contribution in [0.5, 0.6) is 0 Å². The number of amides is 1. The van der Waals surface area contributed by atoms with Crippen molar-refractivity contribution < 1.29 is 13.6 Å². The normalized spacial score (nSPS) is 22.1. The number of hydrogen-bond donors (Lipinski definition) is 1. The van der Waals surface area contributed by atoms with Crippen molar-refractivity contribution in [2.24, 2.45) is 0 Å². The van der Waals surface area contributed by atoms with Gasteiger partial charge in [-0.15, -0.1) is 12.4 Å². The van der Waals surface area contributed by atoms with E-state index in [1.807, 2.05) is 6.92 Å². The van der Waals surface area contributed by atoms with Crippen molar-refractivity contribution in [2.75, 3.05) is 19.6 Å². The van der Waals surface area contributed by atoms with Crippen LogP contribution in [0.1, 0.15) is 60.9 Å². The molecule has 3 nitrogen and oxygen atoms in total. The van der Waals surface area contributed by atoms with Crippen LogP contribution in [0.25, 0.3) is 0 Å². The summed E-state index contributed by atoms with van der Waals surface area (Å²) in [5, 5.41) is 3.22. The zero-order valence-electron chi connectivity index (χ0n) is 14.0. The average molecular weight is 359 g/mol. The highest BCUT2D eigenvalue weighted by molar-refractivity contribution is 5.94. The smallest absolute Gasteiger partial charge is 0.254 e. The van der Waals surface area contributed by atoms with Crippen molar-refractivity contribution in [1.29, 1.82) is 0 Å². The van der Waals surface area contributed by atoms with Gasteiger partial charge in [-0.3, -0.25) is 4.79 Å². The van der Waals surface area contributed by atoms with Gasteiger partial charge < -0.3 is 10.2 Å². The number of piperidine rings is 2. The molecule has 0 spiro atoms. The third kappa shape index (κ3) is 3.89. The molecule has 3 rings (SSSR count). The highest BCUT2D eigenvalue weighted by Crippen LogP contribution is 2.30. The number of carbonyl (C=O) groups excluding carboxylic acids is 1. The lowest BCUT2D eigenvalue weighted by Gasteiger charge is -2.33. The molecule has 2 aliphatic rings. The van der Waals surface area contributed by atoms with E-state index >= 15 is 0 Å². The Kier molecular flexibility index (Phi) is 6.58. The first-order chi connectivity index (χ1) is 11.1. The van der Waals surface area contributed by atoms with Crippen molar-refractivity contribution in [3.8, 4) is 0 Å². The molecule has 2 aliphatic heterocycles. The van der Waals surface area contributed by atoms with E-state index in [1.54, 1.807) is 11.0 Å². The Bertz CT molecular complexity index is 591. The lowest BCUT2D eigenvalue weighted by molar-refractivity contribution is 0.0635. The zero-order chi connectivity index (χ0) is 16.4. The van der Waals surface area contributed by atoms with Gasteiger partial charge in [0.25, 0.3) is 5.91 Å². The van der Waals surface area contributed by atoms with Gasteiger partial charge >= 0.3 is 0 Å². The van der Waals surface area contributed by atoms with Crippen molar-refractivity contribution in [3.05, 3.63) is 34.9 Å². The molecular weight excluding hydrogens is 334 g/mol. The molecule has 1 unspecified atom stereocenters. The summed E-state index contributed by atoms with van der Waals surface area (Å²) in [6, 6.07) is 2.80. The first-order valence-corrected chi connectivity index (χ1v) is 8.58. The van der Waals surface area contributed by atoms with Gasteiger partial charge in [0, 0.05) is 18.2 Å². The van der Waals surface area contributed by atoms with Crippen molar-refractivity contribution in [1.82, 2.24) is 10.2 Å². The topological polar surface area (TPSA) is 32.3 Å². The van der Waals surface area contributed by atoms with E-state index in [-0.39, 0.29) is 35.8 Å². The molecular formula is C18H25ClF2N2O. The number of nitrogens with zero attached hydrogens (tertiary/aromatic N) is 1. The molecule has 6 heteroatoms. The Morgan fingerprint density at radius 2 is 1.88 bits per heavy atom. The van der Waals surface area contributed by atoms with Crippen molar-refractivity contribution in [2.45, 2.75) is 51.0 Å². The van der Waals surface area contributed by atoms with Crippen LogP contribution in [-0.2, 0) is 0 Å². The molecule has 1 aromatic rings. The SMILES string of the molecule is CC1CCCCN1C(=O)c1cc(F)c(F)c(C2CCNCC2)c1.Cl. The molecule has 0 aliphatic carbocycles. The lowest BCUT2D eigenvalue weighted by Crippen LogP contribution is -2.42. The molecule has 0 bridgehead atoms. The van der Waals surface area contributed by atoms with E-state index in [0.717, 1.165) is 51.3 Å². The van der Waals surface area contributed by atoms with Gasteiger partial charge in [0.2, 0.25) is 0 Å². The van der Waals surface area contributed by atoms with E-state index in [1.165, 1.54) is 0 Å². The quantitative estimate of drug-likeness (QED) is 0.870. The van der Waals surface area contributed by atoms with Gasteiger partial charge in [-0.05, 0) is 75.7 Å². The van der Waals surface area contributed by atoms with Crippen molar-refractivity contribution in [3.63, 3.8) is 0 Å². The van der Waals surface area contributed by atoms with Gasteiger partial charge in [0.1, 0.15) is 0 Å². The van der Waals surface area contributed by atoms with E-state index in [4.69, 9.17) is 0 Å². The Morgan fingerprint density at radius 1 is 1.17 bits per heavy atom. The summed E-state index contributed by atoms with van der Waals surface area (Å²) in [5.74, 6) is -1.89. The number of carbonyl (C=O) groups is 1. The van der Waals surface area contributed by atoms with Crippen LogP contribution >= 0.6 is 12.4 Å². The maximum atomic E-state index is 14.2. The van der Waals surface area contributed by atoms with Gasteiger partial charge in [0.15, 0.2) is 11.6 Å². The van der Waals surface area contributed by atoms with E-state index < -0.39 is 11.6 Å². The molecule has 1 amide bonds. The molecule has 0 aromatic heterocycles. The second kappa shape index (κ2) is 8.26. The summed E-state index contributed by atoms with van der Waals surface area (Å²) in [7, 11) is 0. The molecule has 0 radical (unpaired) electrons. The van der Waals surface area contributed by atoms with Crippen LogP contribution in [0.15, 0.2) is 12.1 Å². The Hall–Kier alpha value is -1.20. The minimum absolute atomic E-state index is 0. The second-order valence-corrected chi connectivity index (χ2v) is 6.73. The molecule has 24 heavy (non-hydrogen) atoms. The van der Waals surface area contributed by atoms with Crippen LogP contribution in [0.2, 0.25) is 0 Å². The lowest BCUT2D eigenvalue weighted by atomic mass is 9.88. The van der Waals surface area contributed by atoms with Gasteiger partial charge in [-0.25, -0.2) is 8.78 Å². The van der Waals surface area contributed by atoms with Gasteiger partial charge in [-0.2, -0.15) is 0 Å². The number of rotatable bonds is 2. The van der Waals surface area contributed by atoms with Crippen LogP contribution in [0.3, 0.4) is 0 Å². The second-order valence-electron chi connectivity index (χ2n) is 6.73. The van der Waals surface area contributed by atoms with E-state index in [0.29, 0.717) is 12.1 Å². The van der Waals surface area contributed by atoms with Gasteiger partial charge in [-0.1, -0.05) is 0 Å². The predicted octanol–water partition coefficient (Wildman–Crippen LogP) is 3.87. The minimum Gasteiger partial charge on any atom is -0.336 e. The van der Waals surface area contributed by atoms with E-state index in [9.17, 15) is 13.6 Å². The van der Waals surface area contributed by atoms with Crippen LogP contribution < -0.4 is 5.32 Å². The largest absolute Gasteiger partial charge is 0.336 e. The fourth-order valence-corrected chi connectivity index (χ4v) is 3.73. The van der Waals surface area contributed by atoms with Crippen LogP contribution in [-0.4, -0.2) is 36.5 Å². The van der Waals surface area contributed by atoms with Crippen LogP contribution in [0.4, 0.5) is 8.78 Å². The monoisotopic (exact) mass is 358 g/mol. The first-order valence-electron chi connectivity index (χ1n) is 8.58. The summed E-state index contributed by atoms with van der Waals surface area (Å²) in [6.45, 7) is 4.31. The van der Waals surface area contributed by atoms with Gasteiger partial charge in [0.05, 0.1) is 0 Å². The molecule has 2 saturated heterocycles. The summed E-state index contributed by atoms with van der Waals surface area (Å²) < 4.78 is 28.3. The first kappa shape index (κ1) is 19.1. The third-order valence-electron chi connectivity index (χ3n) is 5.15. The molecule has 1 atom stereocenters. The summed E-state index contributed by atoms with van der Waals surface area (Å²) in [6.07, 6.45) is 4.60. The fourth-order valence-electron chi connectivity index (χ4n) is 3.73. The standard InChI is InChI=1S/C18H24F2N2O.ClH/c1-12-4-2-3-9-22(12)18(23)14-10-15(17(20)16(19)11-14)13-5-7-21-8-6-13;/h10-13,21H,2-9H2,1H3;1H. The number of nitrogens with one attached hydrogen (secondary N) is 1. The fraction of sp³-hybridized carbons (Fsp3) is 0.611. The van der Waals surface area contributed by atoms with E-state index in [2.05, 4.69) is 5.32 Å². The Morgan fingerprint density at radius 3 is 2.54 bits per heavy atom. The zero-order valence-corrected chi connectivity index (χ0v) is 14.8. The van der Waals surface area contributed by atoms with Crippen LogP contribution in [0, 0.1) is 11.6 Å². The van der Waals surface area contributed by atoms with Crippen molar-refractivity contribution >= 4 is 18.3 Å². The minimum atomic E-state index is -0.908. The average Bonchev–Trinajstić information content (AvgIpc) is 2.58. The highest BCUT2D eigenvalue weighted by atomic mass is 35.5. The molecule has 1 aromatic carbocycles. The maximum absolute atomic E-state index is 14.2. The summed E-state index contributed by atoms with van der Waals surface area (Å²) >= 11 is 0.